The molecule has 4 amide bonds. The number of hydrogen-bond donors (Lipinski definition) is 1. The van der Waals surface area contributed by atoms with Crippen LogP contribution in [-0.4, -0.2) is 83.2 Å². The first kappa shape index (κ1) is 40.7. The van der Waals surface area contributed by atoms with E-state index in [0.29, 0.717) is 30.5 Å². The summed E-state index contributed by atoms with van der Waals surface area (Å²) >= 11 is 6.11. The first-order chi connectivity index (χ1) is 25.8. The third-order valence-electron chi connectivity index (χ3n) is 11.5. The molecular weight excluding hydrogens is 747 g/mol. The van der Waals surface area contributed by atoms with Gasteiger partial charge in [-0.15, -0.1) is 0 Å². The maximum absolute atomic E-state index is 14.7. The van der Waals surface area contributed by atoms with E-state index in [2.05, 4.69) is 4.90 Å². The number of fused-ring (bicyclic) bond motifs is 1. The van der Waals surface area contributed by atoms with Gasteiger partial charge in [-0.05, 0) is 121 Å². The summed E-state index contributed by atoms with van der Waals surface area (Å²) in [5, 5.41) is 2.63. The van der Waals surface area contributed by atoms with Crippen molar-refractivity contribution in [2.24, 2.45) is 5.92 Å². The van der Waals surface area contributed by atoms with Gasteiger partial charge in [0.05, 0.1) is 22.2 Å². The van der Waals surface area contributed by atoms with E-state index in [1.54, 1.807) is 13.8 Å². The molecule has 0 radical (unpaired) electrons. The van der Waals surface area contributed by atoms with E-state index in [1.165, 1.54) is 18.7 Å². The van der Waals surface area contributed by atoms with Gasteiger partial charge in [-0.2, -0.15) is 22.0 Å². The lowest BCUT2D eigenvalue weighted by molar-refractivity contribution is -0.138. The van der Waals surface area contributed by atoms with Gasteiger partial charge in [-0.1, -0.05) is 23.7 Å². The van der Waals surface area contributed by atoms with Crippen LogP contribution in [0.5, 0.6) is 5.75 Å². The van der Waals surface area contributed by atoms with E-state index in [9.17, 15) is 41.1 Å². The number of hydrogen-bond acceptors (Lipinski definition) is 5. The van der Waals surface area contributed by atoms with Gasteiger partial charge in [0.15, 0.2) is 5.60 Å². The average Bonchev–Trinajstić information content (AvgIpc) is 4.06. The number of ether oxygens (including phenoxy) is 1. The first-order valence-corrected chi connectivity index (χ1v) is 19.4. The molecule has 1 heterocycles. The van der Waals surface area contributed by atoms with Crippen LogP contribution < -0.4 is 15.0 Å². The zero-order valence-electron chi connectivity index (χ0n) is 31.5. The van der Waals surface area contributed by atoms with Crippen LogP contribution in [-0.2, 0) is 26.0 Å². The third kappa shape index (κ3) is 8.58. The molecule has 1 aliphatic heterocycles. The number of alkyl halides is 5. The largest absolute Gasteiger partial charge is 0.476 e. The van der Waals surface area contributed by atoms with Crippen molar-refractivity contribution in [2.45, 2.75) is 127 Å². The average molecular weight is 795 g/mol. The van der Waals surface area contributed by atoms with Gasteiger partial charge in [0.25, 0.3) is 17.7 Å². The number of rotatable bonds is 13. The molecule has 6 rings (SSSR count). The van der Waals surface area contributed by atoms with Gasteiger partial charge in [-0.3, -0.25) is 19.2 Å². The van der Waals surface area contributed by atoms with Crippen LogP contribution >= 0.6 is 11.6 Å². The third-order valence-corrected chi connectivity index (χ3v) is 11.7. The highest BCUT2D eigenvalue weighted by Gasteiger charge is 2.55. The minimum Gasteiger partial charge on any atom is -0.476 e. The fourth-order valence-electron chi connectivity index (χ4n) is 8.24. The first-order valence-electron chi connectivity index (χ1n) is 19.1. The summed E-state index contributed by atoms with van der Waals surface area (Å²) in [6.45, 7) is 6.08. The molecule has 9 nitrogen and oxygen atoms in total. The molecule has 4 aliphatic rings. The summed E-state index contributed by atoms with van der Waals surface area (Å²) in [4.78, 5) is 57.7. The zero-order valence-corrected chi connectivity index (χ0v) is 32.2. The molecule has 0 spiro atoms. The molecule has 0 aromatic heterocycles. The molecule has 0 bridgehead atoms. The van der Waals surface area contributed by atoms with Gasteiger partial charge in [0.2, 0.25) is 5.91 Å². The van der Waals surface area contributed by atoms with Crippen molar-refractivity contribution in [2.75, 3.05) is 24.5 Å². The minimum absolute atomic E-state index is 0.127. The lowest BCUT2D eigenvalue weighted by Crippen LogP contribution is -2.54. The van der Waals surface area contributed by atoms with Crippen LogP contribution in [0, 0.1) is 5.92 Å². The highest BCUT2D eigenvalue weighted by molar-refractivity contribution is 6.30. The standard InChI is InChI=1S/C40H48ClF5N4O5/c1-23(2)50(28-11-5-24(6-12-28)15-19-48(27-13-14-27)37(54)39(16-17-39)25-7-9-26(41)10-8-25)35(52)29-21-31-32(22-30(29)40(44,45)46)55-38(3,4)36(53)49(31)20-18-47-34(51)33(42)43/h7-10,21-24,27-28,33H,5-6,11-20H2,1-4H3,(H,47,51)/t24-,28+. The zero-order chi connectivity index (χ0) is 40.0. The Morgan fingerprint density at radius 1 is 0.982 bits per heavy atom. The number of benzene rings is 2. The van der Waals surface area contributed by atoms with Crippen LogP contribution in [0.15, 0.2) is 36.4 Å². The fraction of sp³-hybridized carbons (Fsp3) is 0.600. The number of halogens is 6. The Bertz CT molecular complexity index is 1790. The lowest BCUT2D eigenvalue weighted by Gasteiger charge is -2.41. The second-order valence-corrected chi connectivity index (χ2v) is 16.5. The number of nitrogens with one attached hydrogen (secondary N) is 1. The molecule has 0 unspecified atom stereocenters. The Hall–Kier alpha value is -3.94. The van der Waals surface area contributed by atoms with E-state index in [-0.39, 0.29) is 41.9 Å². The Balaban J connectivity index is 1.17. The molecule has 15 heteroatoms. The van der Waals surface area contributed by atoms with E-state index in [0.717, 1.165) is 61.5 Å². The molecule has 0 saturated heterocycles. The van der Waals surface area contributed by atoms with E-state index >= 15 is 0 Å². The molecule has 3 aliphatic carbocycles. The lowest BCUT2D eigenvalue weighted by atomic mass is 9.82. The van der Waals surface area contributed by atoms with Crippen LogP contribution in [0.2, 0.25) is 5.02 Å². The van der Waals surface area contributed by atoms with Gasteiger partial charge in [0.1, 0.15) is 5.75 Å². The van der Waals surface area contributed by atoms with E-state index in [4.69, 9.17) is 16.3 Å². The van der Waals surface area contributed by atoms with Crippen molar-refractivity contribution in [1.29, 1.82) is 0 Å². The van der Waals surface area contributed by atoms with Crippen molar-refractivity contribution in [3.63, 3.8) is 0 Å². The quantitative estimate of drug-likeness (QED) is 0.209. The molecule has 0 atom stereocenters. The Labute approximate surface area is 322 Å². The summed E-state index contributed by atoms with van der Waals surface area (Å²) in [5.74, 6) is -2.94. The second-order valence-electron chi connectivity index (χ2n) is 16.1. The van der Waals surface area contributed by atoms with Crippen LogP contribution in [0.1, 0.15) is 107 Å². The van der Waals surface area contributed by atoms with Crippen molar-refractivity contribution in [3.05, 3.63) is 58.1 Å². The molecule has 3 saturated carbocycles. The maximum atomic E-state index is 14.7. The Kier molecular flexibility index (Phi) is 11.5. The topological polar surface area (TPSA) is 99.3 Å². The Morgan fingerprint density at radius 2 is 1.60 bits per heavy atom. The van der Waals surface area contributed by atoms with Gasteiger partial charge in [-0.25, -0.2) is 0 Å². The molecule has 300 valence electrons. The minimum atomic E-state index is -4.96. The van der Waals surface area contributed by atoms with Crippen molar-refractivity contribution < 1.29 is 45.9 Å². The van der Waals surface area contributed by atoms with Gasteiger partial charge >= 0.3 is 12.6 Å². The highest BCUT2D eigenvalue weighted by atomic mass is 35.5. The normalized spacial score (nSPS) is 21.5. The summed E-state index contributed by atoms with van der Waals surface area (Å²) in [6.07, 6.45) is -1.27. The molecule has 55 heavy (non-hydrogen) atoms. The number of anilines is 1. The molecule has 3 fully saturated rings. The molecule has 2 aromatic rings. The van der Waals surface area contributed by atoms with Crippen LogP contribution in [0.4, 0.5) is 27.6 Å². The predicted octanol–water partition coefficient (Wildman–Crippen LogP) is 7.77. The van der Waals surface area contributed by atoms with E-state index in [1.807, 2.05) is 29.6 Å². The highest BCUT2D eigenvalue weighted by Crippen LogP contribution is 2.51. The number of amides is 4. The Morgan fingerprint density at radius 3 is 2.15 bits per heavy atom. The summed E-state index contributed by atoms with van der Waals surface area (Å²) in [7, 11) is 0. The number of carbonyl (C=O) groups is 4. The number of nitrogens with zero attached hydrogens (tertiary/aromatic N) is 3. The van der Waals surface area contributed by atoms with Gasteiger partial charge < -0.3 is 24.8 Å². The molecule has 1 N–H and O–H groups in total. The maximum Gasteiger partial charge on any atom is 0.417 e. The van der Waals surface area contributed by atoms with Crippen molar-refractivity contribution in [1.82, 2.24) is 15.1 Å². The van der Waals surface area contributed by atoms with Crippen molar-refractivity contribution >= 4 is 40.9 Å². The SMILES string of the molecule is CC(C)N(C(=O)c1cc2c(cc1C(F)(F)F)OC(C)(C)C(=O)N2CCNC(=O)C(F)F)[C@H]1CC[C@@H](CCN(C(=O)C2(c3ccc(Cl)cc3)CC2)C2CC2)CC1. The monoisotopic (exact) mass is 794 g/mol. The van der Waals surface area contributed by atoms with Crippen molar-refractivity contribution in [3.8, 4) is 5.75 Å². The fourth-order valence-corrected chi connectivity index (χ4v) is 8.37. The van der Waals surface area contributed by atoms with Crippen LogP contribution in [0.3, 0.4) is 0 Å². The summed E-state index contributed by atoms with van der Waals surface area (Å²) in [5.41, 5.74) is -3.12. The molecule has 2 aromatic carbocycles. The summed E-state index contributed by atoms with van der Waals surface area (Å²) in [6, 6.07) is 8.64. The van der Waals surface area contributed by atoms with E-state index < -0.39 is 65.1 Å². The predicted molar refractivity (Wildman–Crippen MR) is 196 cm³/mol. The smallest absolute Gasteiger partial charge is 0.417 e. The number of carbonyl (C=O) groups excluding carboxylic acids is 4. The second kappa shape index (κ2) is 15.5. The van der Waals surface area contributed by atoms with Gasteiger partial charge in [0, 0.05) is 42.8 Å². The molecular formula is C40H48ClF5N4O5. The summed E-state index contributed by atoms with van der Waals surface area (Å²) < 4.78 is 75.3. The van der Waals surface area contributed by atoms with Crippen LogP contribution in [0.25, 0.3) is 0 Å².